The van der Waals surface area contributed by atoms with Gasteiger partial charge in [-0.1, -0.05) is 23.8 Å². The monoisotopic (exact) mass is 234 g/mol. The lowest BCUT2D eigenvalue weighted by molar-refractivity contribution is 0.295. The van der Waals surface area contributed by atoms with E-state index < -0.39 is 0 Å². The van der Waals surface area contributed by atoms with Gasteiger partial charge in [-0.15, -0.1) is 0 Å². The molecular formula is C15H26N2. The first kappa shape index (κ1) is 14.2. The van der Waals surface area contributed by atoms with E-state index in [-0.39, 0.29) is 0 Å². The molecule has 0 spiro atoms. The maximum atomic E-state index is 3.61. The van der Waals surface area contributed by atoms with Crippen molar-refractivity contribution in [3.8, 4) is 0 Å². The highest BCUT2D eigenvalue weighted by atomic mass is 15.1. The van der Waals surface area contributed by atoms with Crippen LogP contribution in [0.4, 0.5) is 0 Å². The van der Waals surface area contributed by atoms with Crippen LogP contribution in [0.3, 0.4) is 0 Å². The summed E-state index contributed by atoms with van der Waals surface area (Å²) in [6, 6.07) is 7.64. The van der Waals surface area contributed by atoms with E-state index in [1.54, 1.807) is 0 Å². The van der Waals surface area contributed by atoms with Crippen molar-refractivity contribution in [1.29, 1.82) is 0 Å². The van der Waals surface area contributed by atoms with Gasteiger partial charge in [-0.25, -0.2) is 0 Å². The lowest BCUT2D eigenvalue weighted by atomic mass is 10.00. The molecule has 0 bridgehead atoms. The summed E-state index contributed by atoms with van der Waals surface area (Å²) in [5.41, 5.74) is 4.11. The molecule has 2 atom stereocenters. The number of benzene rings is 1. The van der Waals surface area contributed by atoms with Gasteiger partial charge in [0.05, 0.1) is 0 Å². The molecule has 2 unspecified atom stereocenters. The number of rotatable bonds is 5. The molecule has 0 radical (unpaired) electrons. The van der Waals surface area contributed by atoms with E-state index in [9.17, 15) is 0 Å². The largest absolute Gasteiger partial charge is 0.309 e. The molecule has 0 fully saturated rings. The van der Waals surface area contributed by atoms with Crippen LogP contribution in [0.1, 0.15) is 36.6 Å². The zero-order valence-corrected chi connectivity index (χ0v) is 12.0. The predicted molar refractivity (Wildman–Crippen MR) is 75.5 cm³/mol. The highest BCUT2D eigenvalue weighted by molar-refractivity contribution is 5.32. The highest BCUT2D eigenvalue weighted by Crippen LogP contribution is 2.18. The average Bonchev–Trinajstić information content (AvgIpc) is 2.28. The number of hydrogen-bond donors (Lipinski definition) is 1. The molecule has 1 rings (SSSR count). The van der Waals surface area contributed by atoms with E-state index in [4.69, 9.17) is 0 Å². The Morgan fingerprint density at radius 3 is 2.41 bits per heavy atom. The first-order valence-corrected chi connectivity index (χ1v) is 6.38. The van der Waals surface area contributed by atoms with Gasteiger partial charge >= 0.3 is 0 Å². The van der Waals surface area contributed by atoms with Gasteiger partial charge in [0.15, 0.2) is 0 Å². The first-order valence-electron chi connectivity index (χ1n) is 6.38. The van der Waals surface area contributed by atoms with Gasteiger partial charge in [-0.05, 0) is 52.9 Å². The molecule has 0 aliphatic rings. The fourth-order valence-electron chi connectivity index (χ4n) is 1.87. The standard InChI is InChI=1S/C15H26N2/c1-11-7-8-12(2)15(9-11)14(4)16-10-13(3)17(5)6/h7-9,13-14,16H,10H2,1-6H3. The Bertz CT molecular complexity index is 358. The van der Waals surface area contributed by atoms with E-state index in [1.165, 1.54) is 16.7 Å². The normalized spacial score (nSPS) is 15.0. The van der Waals surface area contributed by atoms with Gasteiger partial charge in [-0.2, -0.15) is 0 Å². The van der Waals surface area contributed by atoms with Crippen molar-refractivity contribution in [2.45, 2.75) is 39.8 Å². The minimum atomic E-state index is 0.414. The Morgan fingerprint density at radius 2 is 1.82 bits per heavy atom. The van der Waals surface area contributed by atoms with Crippen LogP contribution >= 0.6 is 0 Å². The lowest BCUT2D eigenvalue weighted by Gasteiger charge is -2.24. The third kappa shape index (κ3) is 4.14. The molecule has 1 aromatic carbocycles. The van der Waals surface area contributed by atoms with Crippen LogP contribution < -0.4 is 5.32 Å². The van der Waals surface area contributed by atoms with Crippen molar-refractivity contribution >= 4 is 0 Å². The molecule has 1 N–H and O–H groups in total. The molecule has 0 amide bonds. The van der Waals surface area contributed by atoms with Crippen molar-refractivity contribution in [2.75, 3.05) is 20.6 Å². The second kappa shape index (κ2) is 6.18. The molecule has 0 saturated carbocycles. The molecule has 0 aliphatic heterocycles. The van der Waals surface area contributed by atoms with Gasteiger partial charge in [-0.3, -0.25) is 0 Å². The lowest BCUT2D eigenvalue weighted by Crippen LogP contribution is -2.36. The minimum absolute atomic E-state index is 0.414. The van der Waals surface area contributed by atoms with Crippen LogP contribution in [-0.2, 0) is 0 Å². The summed E-state index contributed by atoms with van der Waals surface area (Å²) < 4.78 is 0. The van der Waals surface area contributed by atoms with Crippen molar-refractivity contribution in [3.63, 3.8) is 0 Å². The number of hydrogen-bond acceptors (Lipinski definition) is 2. The van der Waals surface area contributed by atoms with E-state index in [0.29, 0.717) is 12.1 Å². The van der Waals surface area contributed by atoms with Crippen molar-refractivity contribution in [2.24, 2.45) is 0 Å². The summed E-state index contributed by atoms with van der Waals surface area (Å²) in [6.45, 7) is 9.83. The molecule has 96 valence electrons. The molecule has 0 aliphatic carbocycles. The van der Waals surface area contributed by atoms with Crippen molar-refractivity contribution in [3.05, 3.63) is 34.9 Å². The summed E-state index contributed by atoms with van der Waals surface area (Å²) >= 11 is 0. The molecule has 2 heteroatoms. The van der Waals surface area contributed by atoms with E-state index in [1.807, 2.05) is 0 Å². The second-order valence-electron chi connectivity index (χ2n) is 5.30. The molecular weight excluding hydrogens is 208 g/mol. The van der Waals surface area contributed by atoms with Gasteiger partial charge in [0.2, 0.25) is 0 Å². The van der Waals surface area contributed by atoms with Gasteiger partial charge in [0.25, 0.3) is 0 Å². The Balaban J connectivity index is 2.63. The highest BCUT2D eigenvalue weighted by Gasteiger charge is 2.10. The molecule has 2 nitrogen and oxygen atoms in total. The summed E-state index contributed by atoms with van der Waals surface area (Å²) in [4.78, 5) is 2.24. The quantitative estimate of drug-likeness (QED) is 0.842. The summed E-state index contributed by atoms with van der Waals surface area (Å²) in [5.74, 6) is 0. The smallest absolute Gasteiger partial charge is 0.0295 e. The molecule has 17 heavy (non-hydrogen) atoms. The number of aryl methyl sites for hydroxylation is 2. The number of nitrogens with zero attached hydrogens (tertiary/aromatic N) is 1. The summed E-state index contributed by atoms with van der Waals surface area (Å²) in [5, 5.41) is 3.61. The fraction of sp³-hybridized carbons (Fsp3) is 0.600. The Hall–Kier alpha value is -0.860. The fourth-order valence-corrected chi connectivity index (χ4v) is 1.87. The number of nitrogens with one attached hydrogen (secondary N) is 1. The summed E-state index contributed by atoms with van der Waals surface area (Å²) in [7, 11) is 4.24. The molecule has 0 aromatic heterocycles. The SMILES string of the molecule is Cc1ccc(C)c(C(C)NCC(C)N(C)C)c1. The first-order chi connectivity index (χ1) is 7.91. The third-order valence-electron chi connectivity index (χ3n) is 3.50. The van der Waals surface area contributed by atoms with Crippen LogP contribution in [0.5, 0.6) is 0 Å². The van der Waals surface area contributed by atoms with Gasteiger partial charge in [0, 0.05) is 18.6 Å². The number of likely N-dealkylation sites (N-methyl/N-ethyl adjacent to an activating group) is 1. The third-order valence-corrected chi connectivity index (χ3v) is 3.50. The van der Waals surface area contributed by atoms with E-state index in [0.717, 1.165) is 6.54 Å². The molecule has 0 saturated heterocycles. The van der Waals surface area contributed by atoms with Crippen LogP contribution in [-0.4, -0.2) is 31.6 Å². The molecule has 1 aromatic rings. The maximum Gasteiger partial charge on any atom is 0.0295 e. The maximum absolute atomic E-state index is 3.61. The second-order valence-corrected chi connectivity index (χ2v) is 5.30. The minimum Gasteiger partial charge on any atom is -0.309 e. The summed E-state index contributed by atoms with van der Waals surface area (Å²) in [6.07, 6.45) is 0. The zero-order valence-electron chi connectivity index (χ0n) is 12.0. The predicted octanol–water partition coefficient (Wildman–Crippen LogP) is 2.90. The Kier molecular flexibility index (Phi) is 5.16. The van der Waals surface area contributed by atoms with Crippen LogP contribution in [0.15, 0.2) is 18.2 Å². The van der Waals surface area contributed by atoms with Crippen LogP contribution in [0.2, 0.25) is 0 Å². The zero-order chi connectivity index (χ0) is 13.0. The molecule has 0 heterocycles. The van der Waals surface area contributed by atoms with E-state index in [2.05, 4.69) is 70.2 Å². The van der Waals surface area contributed by atoms with Gasteiger partial charge < -0.3 is 10.2 Å². The van der Waals surface area contributed by atoms with E-state index >= 15 is 0 Å². The Morgan fingerprint density at radius 1 is 1.18 bits per heavy atom. The van der Waals surface area contributed by atoms with Crippen LogP contribution in [0.25, 0.3) is 0 Å². The van der Waals surface area contributed by atoms with Crippen molar-refractivity contribution < 1.29 is 0 Å². The average molecular weight is 234 g/mol. The Labute approximate surface area is 106 Å². The van der Waals surface area contributed by atoms with Crippen LogP contribution in [0, 0.1) is 13.8 Å². The van der Waals surface area contributed by atoms with Crippen molar-refractivity contribution in [1.82, 2.24) is 10.2 Å². The van der Waals surface area contributed by atoms with Gasteiger partial charge in [0.1, 0.15) is 0 Å². The topological polar surface area (TPSA) is 15.3 Å².